The van der Waals surface area contributed by atoms with Gasteiger partial charge in [0.1, 0.15) is 0 Å². The molecule has 1 aromatic carbocycles. The molecule has 1 aromatic heterocycles. The van der Waals surface area contributed by atoms with Crippen molar-refractivity contribution in [1.82, 2.24) is 4.98 Å². The molecule has 1 aliphatic carbocycles. The lowest BCUT2D eigenvalue weighted by atomic mass is 9.88. The fourth-order valence-electron chi connectivity index (χ4n) is 2.72. The van der Waals surface area contributed by atoms with Gasteiger partial charge in [-0.25, -0.2) is 4.98 Å². The Morgan fingerprint density at radius 3 is 2.95 bits per heavy atom. The highest BCUT2D eigenvalue weighted by Gasteiger charge is 2.23. The van der Waals surface area contributed by atoms with E-state index in [1.165, 1.54) is 17.2 Å². The summed E-state index contributed by atoms with van der Waals surface area (Å²) in [5.74, 6) is 0.346. The van der Waals surface area contributed by atoms with E-state index in [4.69, 9.17) is 0 Å². The smallest absolute Gasteiger partial charge is 0.311 e. The van der Waals surface area contributed by atoms with E-state index >= 15 is 0 Å². The number of aryl methyl sites for hydroxylation is 1. The second-order valence-corrected chi connectivity index (χ2v) is 4.92. The SMILES string of the molecule is O=[N+]([O-])c1cccnc1NC1CCCc2ccccc21. The Kier molecular flexibility index (Phi) is 3.33. The van der Waals surface area contributed by atoms with E-state index in [1.54, 1.807) is 12.3 Å². The first kappa shape index (κ1) is 12.6. The monoisotopic (exact) mass is 269 g/mol. The van der Waals surface area contributed by atoms with E-state index in [-0.39, 0.29) is 11.7 Å². The van der Waals surface area contributed by atoms with Crippen molar-refractivity contribution >= 4 is 11.5 Å². The van der Waals surface area contributed by atoms with Crippen molar-refractivity contribution in [2.24, 2.45) is 0 Å². The van der Waals surface area contributed by atoms with E-state index in [9.17, 15) is 10.1 Å². The zero-order valence-electron chi connectivity index (χ0n) is 11.0. The maximum atomic E-state index is 11.0. The molecule has 0 amide bonds. The second kappa shape index (κ2) is 5.28. The fourth-order valence-corrected chi connectivity index (χ4v) is 2.72. The summed E-state index contributed by atoms with van der Waals surface area (Å²) < 4.78 is 0. The van der Waals surface area contributed by atoms with Crippen LogP contribution in [-0.4, -0.2) is 9.91 Å². The molecule has 1 unspecified atom stereocenters. The molecule has 0 saturated heterocycles. The van der Waals surface area contributed by atoms with Gasteiger partial charge in [-0.1, -0.05) is 24.3 Å². The largest absolute Gasteiger partial charge is 0.358 e. The average molecular weight is 269 g/mol. The Bertz CT molecular complexity index is 643. The van der Waals surface area contributed by atoms with Crippen molar-refractivity contribution in [3.05, 3.63) is 63.8 Å². The summed E-state index contributed by atoms with van der Waals surface area (Å²) in [7, 11) is 0. The molecule has 0 spiro atoms. The molecule has 3 rings (SSSR count). The maximum Gasteiger partial charge on any atom is 0.311 e. The molecule has 1 aliphatic rings. The van der Waals surface area contributed by atoms with Crippen molar-refractivity contribution in [3.8, 4) is 0 Å². The third-order valence-electron chi connectivity index (χ3n) is 3.66. The van der Waals surface area contributed by atoms with Crippen LogP contribution in [0.4, 0.5) is 11.5 Å². The van der Waals surface area contributed by atoms with Gasteiger partial charge in [-0.05, 0) is 36.5 Å². The highest BCUT2D eigenvalue weighted by molar-refractivity contribution is 5.56. The van der Waals surface area contributed by atoms with Crippen molar-refractivity contribution in [3.63, 3.8) is 0 Å². The number of benzene rings is 1. The van der Waals surface area contributed by atoms with Gasteiger partial charge in [-0.2, -0.15) is 0 Å². The third-order valence-corrected chi connectivity index (χ3v) is 3.66. The Morgan fingerprint density at radius 1 is 1.25 bits per heavy atom. The van der Waals surface area contributed by atoms with Crippen LogP contribution in [0.2, 0.25) is 0 Å². The molecule has 1 heterocycles. The minimum atomic E-state index is -0.399. The number of nitrogens with one attached hydrogen (secondary N) is 1. The Morgan fingerprint density at radius 2 is 2.10 bits per heavy atom. The highest BCUT2D eigenvalue weighted by atomic mass is 16.6. The first-order valence-electron chi connectivity index (χ1n) is 6.69. The van der Waals surface area contributed by atoms with Crippen LogP contribution >= 0.6 is 0 Å². The minimum absolute atomic E-state index is 0.0237. The quantitative estimate of drug-likeness (QED) is 0.684. The zero-order chi connectivity index (χ0) is 13.9. The van der Waals surface area contributed by atoms with Crippen LogP contribution in [0.15, 0.2) is 42.6 Å². The lowest BCUT2D eigenvalue weighted by Gasteiger charge is -2.26. The van der Waals surface area contributed by atoms with Crippen molar-refractivity contribution < 1.29 is 4.92 Å². The Hall–Kier alpha value is -2.43. The molecule has 0 aliphatic heterocycles. The van der Waals surface area contributed by atoms with E-state index in [0.717, 1.165) is 19.3 Å². The summed E-state index contributed by atoms with van der Waals surface area (Å²) in [4.78, 5) is 14.8. The Balaban J connectivity index is 1.92. The van der Waals surface area contributed by atoms with Gasteiger partial charge in [0.05, 0.1) is 11.0 Å². The van der Waals surface area contributed by atoms with E-state index in [0.29, 0.717) is 5.82 Å². The number of anilines is 1. The second-order valence-electron chi connectivity index (χ2n) is 4.92. The van der Waals surface area contributed by atoms with Crippen LogP contribution in [0, 0.1) is 10.1 Å². The number of hydrogen-bond donors (Lipinski definition) is 1. The molecule has 5 nitrogen and oxygen atoms in total. The molecule has 20 heavy (non-hydrogen) atoms. The fraction of sp³-hybridized carbons (Fsp3) is 0.267. The number of aromatic nitrogens is 1. The molecule has 0 saturated carbocycles. The van der Waals surface area contributed by atoms with Gasteiger partial charge in [-0.15, -0.1) is 0 Å². The predicted octanol–water partition coefficient (Wildman–Crippen LogP) is 3.48. The Labute approximate surface area is 116 Å². The number of nitro groups is 1. The first-order chi connectivity index (χ1) is 9.75. The summed E-state index contributed by atoms with van der Waals surface area (Å²) in [5, 5.41) is 14.3. The van der Waals surface area contributed by atoms with Gasteiger partial charge in [0.15, 0.2) is 0 Å². The minimum Gasteiger partial charge on any atom is -0.358 e. The summed E-state index contributed by atoms with van der Waals surface area (Å²) in [5.41, 5.74) is 2.56. The lowest BCUT2D eigenvalue weighted by Crippen LogP contribution is -2.18. The molecule has 0 bridgehead atoms. The van der Waals surface area contributed by atoms with Gasteiger partial charge < -0.3 is 5.32 Å². The standard InChI is InChI=1S/C15H15N3O2/c19-18(20)14-9-4-10-16-15(14)17-13-8-3-6-11-5-1-2-7-12(11)13/h1-2,4-5,7,9-10,13H,3,6,8H2,(H,16,17). The number of fused-ring (bicyclic) bond motifs is 1. The molecule has 5 heteroatoms. The number of rotatable bonds is 3. The predicted molar refractivity (Wildman–Crippen MR) is 76.6 cm³/mol. The molecule has 102 valence electrons. The molecular weight excluding hydrogens is 254 g/mol. The van der Waals surface area contributed by atoms with Gasteiger partial charge >= 0.3 is 5.69 Å². The van der Waals surface area contributed by atoms with Crippen LogP contribution in [0.1, 0.15) is 30.0 Å². The number of nitrogens with zero attached hydrogens (tertiary/aromatic N) is 2. The van der Waals surface area contributed by atoms with Crippen molar-refractivity contribution in [2.45, 2.75) is 25.3 Å². The van der Waals surface area contributed by atoms with E-state index < -0.39 is 4.92 Å². The molecule has 0 radical (unpaired) electrons. The van der Waals surface area contributed by atoms with E-state index in [2.05, 4.69) is 22.4 Å². The van der Waals surface area contributed by atoms with Gasteiger partial charge in [0, 0.05) is 12.3 Å². The van der Waals surface area contributed by atoms with E-state index in [1.807, 2.05) is 12.1 Å². The maximum absolute atomic E-state index is 11.0. The normalized spacial score (nSPS) is 17.3. The van der Waals surface area contributed by atoms with Gasteiger partial charge in [0.2, 0.25) is 5.82 Å². The van der Waals surface area contributed by atoms with Crippen molar-refractivity contribution in [1.29, 1.82) is 0 Å². The highest BCUT2D eigenvalue weighted by Crippen LogP contribution is 2.33. The van der Waals surface area contributed by atoms with Crippen LogP contribution in [-0.2, 0) is 6.42 Å². The van der Waals surface area contributed by atoms with Crippen molar-refractivity contribution in [2.75, 3.05) is 5.32 Å². The zero-order valence-corrected chi connectivity index (χ0v) is 11.0. The van der Waals surface area contributed by atoms with Gasteiger partial charge in [-0.3, -0.25) is 10.1 Å². The summed E-state index contributed by atoms with van der Waals surface area (Å²) in [6.07, 6.45) is 4.68. The lowest BCUT2D eigenvalue weighted by molar-refractivity contribution is -0.384. The molecule has 0 fully saturated rings. The first-order valence-corrected chi connectivity index (χ1v) is 6.69. The third kappa shape index (κ3) is 2.34. The topological polar surface area (TPSA) is 68.1 Å². The summed E-state index contributed by atoms with van der Waals surface area (Å²) in [6, 6.07) is 11.4. The van der Waals surface area contributed by atoms with Crippen LogP contribution in [0.3, 0.4) is 0 Å². The van der Waals surface area contributed by atoms with Crippen LogP contribution in [0.5, 0.6) is 0 Å². The molecule has 1 N–H and O–H groups in total. The average Bonchev–Trinajstić information content (AvgIpc) is 2.48. The number of pyridine rings is 1. The summed E-state index contributed by atoms with van der Waals surface area (Å²) >= 11 is 0. The van der Waals surface area contributed by atoms with Crippen LogP contribution in [0.25, 0.3) is 0 Å². The molecule has 1 atom stereocenters. The molecular formula is C15H15N3O2. The van der Waals surface area contributed by atoms with Gasteiger partial charge in [0.25, 0.3) is 0 Å². The number of hydrogen-bond acceptors (Lipinski definition) is 4. The molecule has 2 aromatic rings. The summed E-state index contributed by atoms with van der Waals surface area (Å²) in [6.45, 7) is 0. The van der Waals surface area contributed by atoms with Crippen LogP contribution < -0.4 is 5.32 Å².